The largest absolute Gasteiger partial charge is 0.467 e. The van der Waals surface area contributed by atoms with Crippen molar-refractivity contribution < 1.29 is 14.3 Å². The fourth-order valence-corrected chi connectivity index (χ4v) is 2.85. The van der Waals surface area contributed by atoms with Crippen LogP contribution in [-0.4, -0.2) is 25.0 Å². The third kappa shape index (κ3) is 4.59. The number of carbonyl (C=O) groups is 2. The lowest BCUT2D eigenvalue weighted by molar-refractivity contribution is -0.146. The lowest BCUT2D eigenvalue weighted by Gasteiger charge is -2.32. The molecular formula is C17H25NO3. The van der Waals surface area contributed by atoms with Crippen LogP contribution in [0.1, 0.15) is 45.1 Å². The summed E-state index contributed by atoms with van der Waals surface area (Å²) in [7, 11) is 1.35. The van der Waals surface area contributed by atoms with Crippen LogP contribution in [0.15, 0.2) is 30.3 Å². The SMILES string of the molecule is CCC(CC)C(c1ccccc1)C(NC(C)=O)C(=O)OC. The summed E-state index contributed by atoms with van der Waals surface area (Å²) in [6.07, 6.45) is 1.87. The van der Waals surface area contributed by atoms with Crippen LogP contribution in [-0.2, 0) is 14.3 Å². The Labute approximate surface area is 126 Å². The van der Waals surface area contributed by atoms with Gasteiger partial charge in [0.05, 0.1) is 7.11 Å². The van der Waals surface area contributed by atoms with Crippen molar-refractivity contribution in [2.45, 2.75) is 45.6 Å². The molecule has 0 bridgehead atoms. The molecule has 0 aliphatic rings. The van der Waals surface area contributed by atoms with E-state index in [9.17, 15) is 9.59 Å². The van der Waals surface area contributed by atoms with Gasteiger partial charge in [-0.15, -0.1) is 0 Å². The van der Waals surface area contributed by atoms with E-state index in [1.807, 2.05) is 30.3 Å². The number of amides is 1. The highest BCUT2D eigenvalue weighted by molar-refractivity contribution is 5.84. The Hall–Kier alpha value is -1.84. The highest BCUT2D eigenvalue weighted by Gasteiger charge is 2.35. The van der Waals surface area contributed by atoms with E-state index >= 15 is 0 Å². The van der Waals surface area contributed by atoms with Crippen molar-refractivity contribution in [3.05, 3.63) is 35.9 Å². The molecule has 0 aliphatic heterocycles. The van der Waals surface area contributed by atoms with Gasteiger partial charge in [0.15, 0.2) is 0 Å². The quantitative estimate of drug-likeness (QED) is 0.786. The van der Waals surface area contributed by atoms with E-state index in [0.717, 1.165) is 18.4 Å². The minimum absolute atomic E-state index is 0.0856. The van der Waals surface area contributed by atoms with Crippen molar-refractivity contribution in [2.75, 3.05) is 7.11 Å². The van der Waals surface area contributed by atoms with E-state index in [4.69, 9.17) is 4.74 Å². The zero-order valence-corrected chi connectivity index (χ0v) is 13.3. The molecule has 0 heterocycles. The van der Waals surface area contributed by atoms with Gasteiger partial charge < -0.3 is 10.1 Å². The van der Waals surface area contributed by atoms with Crippen molar-refractivity contribution in [1.82, 2.24) is 5.32 Å². The monoisotopic (exact) mass is 291 g/mol. The zero-order chi connectivity index (χ0) is 15.8. The van der Waals surface area contributed by atoms with Gasteiger partial charge in [0.2, 0.25) is 5.91 Å². The number of methoxy groups -OCH3 is 1. The van der Waals surface area contributed by atoms with Gasteiger partial charge in [-0.05, 0) is 11.5 Å². The maximum absolute atomic E-state index is 12.2. The normalized spacial score (nSPS) is 13.6. The third-order valence-corrected chi connectivity index (χ3v) is 3.91. The Kier molecular flexibility index (Phi) is 6.92. The Morgan fingerprint density at radius 1 is 1.14 bits per heavy atom. The molecule has 4 heteroatoms. The van der Waals surface area contributed by atoms with Crippen LogP contribution < -0.4 is 5.32 Å². The maximum Gasteiger partial charge on any atom is 0.329 e. The van der Waals surface area contributed by atoms with Crippen LogP contribution in [0.3, 0.4) is 0 Å². The van der Waals surface area contributed by atoms with Gasteiger partial charge in [-0.25, -0.2) is 4.79 Å². The molecule has 2 unspecified atom stereocenters. The highest BCUT2D eigenvalue weighted by Crippen LogP contribution is 2.33. The Bertz CT molecular complexity index is 454. The Morgan fingerprint density at radius 3 is 2.14 bits per heavy atom. The molecule has 0 saturated heterocycles. The van der Waals surface area contributed by atoms with Crippen LogP contribution in [0.4, 0.5) is 0 Å². The van der Waals surface area contributed by atoms with Gasteiger partial charge in [0.1, 0.15) is 6.04 Å². The molecule has 1 amide bonds. The number of rotatable bonds is 7. The van der Waals surface area contributed by atoms with Gasteiger partial charge in [0.25, 0.3) is 0 Å². The maximum atomic E-state index is 12.2. The van der Waals surface area contributed by atoms with Gasteiger partial charge in [-0.2, -0.15) is 0 Å². The molecule has 1 aromatic rings. The Morgan fingerprint density at radius 2 is 1.71 bits per heavy atom. The van der Waals surface area contributed by atoms with Crippen molar-refractivity contribution in [2.24, 2.45) is 5.92 Å². The van der Waals surface area contributed by atoms with Crippen molar-refractivity contribution in [3.8, 4) is 0 Å². The lowest BCUT2D eigenvalue weighted by Crippen LogP contribution is -2.46. The predicted octanol–water partition coefficient (Wildman–Crippen LogP) is 2.88. The van der Waals surface area contributed by atoms with Crippen LogP contribution in [0.5, 0.6) is 0 Å². The summed E-state index contributed by atoms with van der Waals surface area (Å²) in [4.78, 5) is 23.7. The molecule has 0 aliphatic carbocycles. The average molecular weight is 291 g/mol. The van der Waals surface area contributed by atoms with Gasteiger partial charge in [0, 0.05) is 12.8 Å². The number of benzene rings is 1. The van der Waals surface area contributed by atoms with Gasteiger partial charge in [-0.1, -0.05) is 57.0 Å². The number of nitrogens with one attached hydrogen (secondary N) is 1. The molecule has 2 atom stereocenters. The number of esters is 1. The highest BCUT2D eigenvalue weighted by atomic mass is 16.5. The standard InChI is InChI=1S/C17H25NO3/c1-5-13(6-2)15(14-10-8-7-9-11-14)16(17(20)21-4)18-12(3)19/h7-11,13,15-16H,5-6H2,1-4H3,(H,18,19). The third-order valence-electron chi connectivity index (χ3n) is 3.91. The molecule has 0 aromatic heterocycles. The summed E-state index contributed by atoms with van der Waals surface area (Å²) < 4.78 is 4.90. The van der Waals surface area contributed by atoms with Crippen LogP contribution in [0.25, 0.3) is 0 Å². The molecule has 0 saturated carbocycles. The summed E-state index contributed by atoms with van der Waals surface area (Å²) in [5.74, 6) is -0.413. The molecule has 0 fully saturated rings. The number of carbonyl (C=O) groups excluding carboxylic acids is 2. The van der Waals surface area contributed by atoms with E-state index in [2.05, 4.69) is 19.2 Å². The first-order chi connectivity index (χ1) is 10.0. The topological polar surface area (TPSA) is 55.4 Å². The van der Waals surface area contributed by atoms with E-state index in [0.29, 0.717) is 5.92 Å². The van der Waals surface area contributed by atoms with Gasteiger partial charge >= 0.3 is 5.97 Å². The fraction of sp³-hybridized carbons (Fsp3) is 0.529. The fourth-order valence-electron chi connectivity index (χ4n) is 2.85. The van der Waals surface area contributed by atoms with E-state index < -0.39 is 12.0 Å². The van der Waals surface area contributed by atoms with Crippen molar-refractivity contribution >= 4 is 11.9 Å². The second-order valence-electron chi connectivity index (χ2n) is 5.21. The second kappa shape index (κ2) is 8.45. The van der Waals surface area contributed by atoms with E-state index in [-0.39, 0.29) is 11.8 Å². The molecule has 1 rings (SSSR count). The van der Waals surface area contributed by atoms with Crippen molar-refractivity contribution in [3.63, 3.8) is 0 Å². The number of hydrogen-bond donors (Lipinski definition) is 1. The average Bonchev–Trinajstić information content (AvgIpc) is 2.50. The molecule has 21 heavy (non-hydrogen) atoms. The number of ether oxygens (including phenoxy) is 1. The first-order valence-corrected chi connectivity index (χ1v) is 7.44. The minimum Gasteiger partial charge on any atom is -0.467 e. The predicted molar refractivity (Wildman–Crippen MR) is 82.9 cm³/mol. The minimum atomic E-state index is -0.653. The summed E-state index contributed by atoms with van der Waals surface area (Å²) in [6.45, 7) is 5.63. The van der Waals surface area contributed by atoms with Gasteiger partial charge in [-0.3, -0.25) is 4.79 Å². The molecule has 0 spiro atoms. The second-order valence-corrected chi connectivity index (χ2v) is 5.21. The van der Waals surface area contributed by atoms with Crippen LogP contribution >= 0.6 is 0 Å². The molecular weight excluding hydrogens is 266 g/mol. The Balaban J connectivity index is 3.24. The zero-order valence-electron chi connectivity index (χ0n) is 13.3. The first kappa shape index (κ1) is 17.2. The van der Waals surface area contributed by atoms with E-state index in [1.54, 1.807) is 0 Å². The van der Waals surface area contributed by atoms with Crippen molar-refractivity contribution in [1.29, 1.82) is 0 Å². The molecule has 4 nitrogen and oxygen atoms in total. The smallest absolute Gasteiger partial charge is 0.329 e. The molecule has 116 valence electrons. The summed E-state index contributed by atoms with van der Waals surface area (Å²) >= 11 is 0. The molecule has 0 radical (unpaired) electrons. The van der Waals surface area contributed by atoms with E-state index in [1.165, 1.54) is 14.0 Å². The molecule has 1 N–H and O–H groups in total. The summed E-state index contributed by atoms with van der Waals surface area (Å²) in [5, 5.41) is 2.76. The number of hydrogen-bond acceptors (Lipinski definition) is 3. The van der Waals surface area contributed by atoms with Crippen LogP contribution in [0, 0.1) is 5.92 Å². The van der Waals surface area contributed by atoms with Crippen LogP contribution in [0.2, 0.25) is 0 Å². The molecule has 1 aromatic carbocycles. The summed E-state index contributed by atoms with van der Waals surface area (Å²) in [6, 6.07) is 9.19. The first-order valence-electron chi connectivity index (χ1n) is 7.44. The lowest BCUT2D eigenvalue weighted by atomic mass is 9.77. The summed E-state index contributed by atoms with van der Waals surface area (Å²) in [5.41, 5.74) is 1.05.